The van der Waals surface area contributed by atoms with Gasteiger partial charge in [0.05, 0.1) is 13.2 Å². The SMILES string of the molecule is COC(=O)[C@H](CC(C)C)NC(=O)C(CCC#N)(NC(=O)[C@H](CC(C)C)NC(C)=O)C(=O)OC(C)(C)C. The number of hydrogen-bond acceptors (Lipinski definition) is 8. The molecule has 204 valence electrons. The zero-order chi connectivity index (χ0) is 28.3. The van der Waals surface area contributed by atoms with E-state index >= 15 is 0 Å². The maximum absolute atomic E-state index is 13.7. The summed E-state index contributed by atoms with van der Waals surface area (Å²) in [5, 5.41) is 16.8. The Labute approximate surface area is 214 Å². The molecule has 0 saturated carbocycles. The van der Waals surface area contributed by atoms with Gasteiger partial charge in [0.2, 0.25) is 17.4 Å². The van der Waals surface area contributed by atoms with Crippen molar-refractivity contribution in [2.24, 2.45) is 11.8 Å². The Morgan fingerprint density at radius 2 is 1.44 bits per heavy atom. The molecule has 11 heteroatoms. The Bertz CT molecular complexity index is 842. The molecule has 0 spiro atoms. The van der Waals surface area contributed by atoms with Crippen LogP contribution in [-0.2, 0) is 33.4 Å². The van der Waals surface area contributed by atoms with Crippen molar-refractivity contribution in [2.75, 3.05) is 7.11 Å². The molecule has 0 rings (SSSR count). The molecule has 11 nitrogen and oxygen atoms in total. The van der Waals surface area contributed by atoms with E-state index in [0.29, 0.717) is 0 Å². The molecular weight excluding hydrogens is 468 g/mol. The van der Waals surface area contributed by atoms with Crippen molar-refractivity contribution in [2.45, 2.75) is 104 Å². The second kappa shape index (κ2) is 14.4. The minimum Gasteiger partial charge on any atom is -0.467 e. The lowest BCUT2D eigenvalue weighted by Crippen LogP contribution is -2.68. The van der Waals surface area contributed by atoms with Crippen LogP contribution in [0.5, 0.6) is 0 Å². The van der Waals surface area contributed by atoms with E-state index in [1.165, 1.54) is 14.0 Å². The first-order valence-electron chi connectivity index (χ1n) is 12.1. The molecule has 0 aliphatic heterocycles. The first-order chi connectivity index (χ1) is 16.5. The number of rotatable bonds is 13. The van der Waals surface area contributed by atoms with E-state index in [1.54, 1.807) is 20.8 Å². The maximum Gasteiger partial charge on any atom is 0.342 e. The summed E-state index contributed by atoms with van der Waals surface area (Å²) < 4.78 is 10.3. The fraction of sp³-hybridized carbons (Fsp3) is 0.760. The molecule has 3 N–H and O–H groups in total. The molecule has 0 saturated heterocycles. The predicted molar refractivity (Wildman–Crippen MR) is 132 cm³/mol. The number of methoxy groups -OCH3 is 1. The predicted octanol–water partition coefficient (Wildman–Crippen LogP) is 1.74. The Hall–Kier alpha value is -3.16. The average molecular weight is 511 g/mol. The number of carbonyl (C=O) groups is 5. The van der Waals surface area contributed by atoms with Crippen molar-refractivity contribution in [3.63, 3.8) is 0 Å². The number of hydrogen-bond donors (Lipinski definition) is 3. The third kappa shape index (κ3) is 11.1. The number of nitrogens with one attached hydrogen (secondary N) is 3. The number of carbonyl (C=O) groups excluding carboxylic acids is 5. The molecule has 0 aromatic carbocycles. The van der Waals surface area contributed by atoms with Crippen LogP contribution in [0.15, 0.2) is 0 Å². The molecule has 0 aromatic rings. The molecule has 0 aliphatic rings. The molecule has 0 bridgehead atoms. The summed E-state index contributed by atoms with van der Waals surface area (Å²) in [6.45, 7) is 13.4. The highest BCUT2D eigenvalue weighted by molar-refractivity contribution is 6.11. The topological polar surface area (TPSA) is 164 Å². The minimum absolute atomic E-state index is 0.00814. The van der Waals surface area contributed by atoms with Crippen molar-refractivity contribution in [3.8, 4) is 6.07 Å². The van der Waals surface area contributed by atoms with Crippen LogP contribution >= 0.6 is 0 Å². The number of nitrogens with zero attached hydrogens (tertiary/aromatic N) is 1. The zero-order valence-corrected chi connectivity index (χ0v) is 22.9. The first-order valence-corrected chi connectivity index (χ1v) is 12.1. The van der Waals surface area contributed by atoms with Crippen molar-refractivity contribution < 1.29 is 33.4 Å². The molecule has 0 fully saturated rings. The summed E-state index contributed by atoms with van der Waals surface area (Å²) >= 11 is 0. The lowest BCUT2D eigenvalue weighted by Gasteiger charge is -2.35. The summed E-state index contributed by atoms with van der Waals surface area (Å²) in [4.78, 5) is 64.6. The van der Waals surface area contributed by atoms with Crippen LogP contribution in [0.3, 0.4) is 0 Å². The Morgan fingerprint density at radius 3 is 1.86 bits per heavy atom. The number of esters is 2. The third-order valence-electron chi connectivity index (χ3n) is 4.98. The molecular formula is C25H42N4O7. The summed E-state index contributed by atoms with van der Waals surface area (Å²) in [6.07, 6.45) is -0.264. The standard InChI is InChI=1S/C25H42N4O7/c1-15(2)13-18(27-17(5)30)20(31)29-25(11-10-12-26,23(34)36-24(6,7)8)22(33)28-19(14-16(3)4)21(32)35-9/h15-16,18-19H,10-11,13-14H2,1-9H3,(H,27,30)(H,28,33)(H,29,31)/t18-,19-,25?/m0/s1. The van der Waals surface area contributed by atoms with Gasteiger partial charge in [0.25, 0.3) is 5.91 Å². The fourth-order valence-corrected chi connectivity index (χ4v) is 3.44. The van der Waals surface area contributed by atoms with Crippen LogP contribution < -0.4 is 16.0 Å². The number of ether oxygens (including phenoxy) is 2. The quantitative estimate of drug-likeness (QED) is 0.249. The molecule has 0 aliphatic carbocycles. The van der Waals surface area contributed by atoms with Gasteiger partial charge in [-0.05, 0) is 45.4 Å². The number of amides is 3. The van der Waals surface area contributed by atoms with Gasteiger partial charge in [-0.15, -0.1) is 0 Å². The summed E-state index contributed by atoms with van der Waals surface area (Å²) in [6, 6.07) is -0.275. The van der Waals surface area contributed by atoms with Crippen molar-refractivity contribution in [1.29, 1.82) is 5.26 Å². The van der Waals surface area contributed by atoms with E-state index in [0.717, 1.165) is 0 Å². The lowest BCUT2D eigenvalue weighted by atomic mass is 9.89. The Morgan fingerprint density at radius 1 is 0.917 bits per heavy atom. The average Bonchev–Trinajstić information content (AvgIpc) is 2.72. The Kier molecular flexibility index (Phi) is 13.1. The maximum atomic E-state index is 13.7. The van der Waals surface area contributed by atoms with E-state index in [4.69, 9.17) is 9.47 Å². The van der Waals surface area contributed by atoms with Crippen LogP contribution in [0, 0.1) is 23.2 Å². The molecule has 0 heterocycles. The fourth-order valence-electron chi connectivity index (χ4n) is 3.44. The summed E-state index contributed by atoms with van der Waals surface area (Å²) in [5.41, 5.74) is -3.37. The summed E-state index contributed by atoms with van der Waals surface area (Å²) in [7, 11) is 1.17. The van der Waals surface area contributed by atoms with E-state index in [2.05, 4.69) is 16.0 Å². The van der Waals surface area contributed by atoms with Gasteiger partial charge in [-0.25, -0.2) is 9.59 Å². The van der Waals surface area contributed by atoms with Crippen molar-refractivity contribution >= 4 is 29.7 Å². The smallest absolute Gasteiger partial charge is 0.342 e. The lowest BCUT2D eigenvalue weighted by molar-refractivity contribution is -0.169. The number of nitriles is 1. The van der Waals surface area contributed by atoms with Crippen molar-refractivity contribution in [3.05, 3.63) is 0 Å². The van der Waals surface area contributed by atoms with Crippen LogP contribution in [0.4, 0.5) is 0 Å². The van der Waals surface area contributed by atoms with Gasteiger partial charge >= 0.3 is 11.9 Å². The normalized spacial score (nSPS) is 14.6. The largest absolute Gasteiger partial charge is 0.467 e. The van der Waals surface area contributed by atoms with Crippen LogP contribution in [0.25, 0.3) is 0 Å². The monoisotopic (exact) mass is 510 g/mol. The zero-order valence-electron chi connectivity index (χ0n) is 22.9. The van der Waals surface area contributed by atoms with Gasteiger partial charge in [-0.1, -0.05) is 27.7 Å². The van der Waals surface area contributed by atoms with Crippen LogP contribution in [0.2, 0.25) is 0 Å². The summed E-state index contributed by atoms with van der Waals surface area (Å²) in [5.74, 6) is -4.12. The van der Waals surface area contributed by atoms with Gasteiger partial charge in [-0.2, -0.15) is 5.26 Å². The van der Waals surface area contributed by atoms with E-state index < -0.39 is 59.3 Å². The molecule has 0 aromatic heterocycles. The van der Waals surface area contributed by atoms with E-state index in [-0.39, 0.29) is 31.1 Å². The van der Waals surface area contributed by atoms with Crippen LogP contribution in [-0.4, -0.2) is 60.0 Å². The Balaban J connectivity index is 6.62. The van der Waals surface area contributed by atoms with Gasteiger partial charge in [0, 0.05) is 19.8 Å². The molecule has 1 unspecified atom stereocenters. The second-order valence-electron chi connectivity index (χ2n) is 10.6. The molecule has 3 atom stereocenters. The first kappa shape index (κ1) is 32.8. The molecule has 36 heavy (non-hydrogen) atoms. The van der Waals surface area contributed by atoms with Gasteiger partial charge in [-0.3, -0.25) is 14.4 Å². The highest BCUT2D eigenvalue weighted by atomic mass is 16.6. The highest BCUT2D eigenvalue weighted by Gasteiger charge is 2.51. The second-order valence-corrected chi connectivity index (χ2v) is 10.6. The van der Waals surface area contributed by atoms with E-state index in [9.17, 15) is 29.2 Å². The van der Waals surface area contributed by atoms with Crippen molar-refractivity contribution in [1.82, 2.24) is 16.0 Å². The third-order valence-corrected chi connectivity index (χ3v) is 4.98. The molecule has 0 radical (unpaired) electrons. The van der Waals surface area contributed by atoms with E-state index in [1.807, 2.05) is 33.8 Å². The highest BCUT2D eigenvalue weighted by Crippen LogP contribution is 2.22. The minimum atomic E-state index is -2.34. The molecule has 3 amide bonds. The van der Waals surface area contributed by atoms with Gasteiger partial charge in [0.15, 0.2) is 0 Å². The van der Waals surface area contributed by atoms with Gasteiger partial charge < -0.3 is 25.4 Å². The van der Waals surface area contributed by atoms with Gasteiger partial charge in [0.1, 0.15) is 17.7 Å². The van der Waals surface area contributed by atoms with Crippen LogP contribution in [0.1, 0.15) is 81.1 Å².